The van der Waals surface area contributed by atoms with Crippen molar-refractivity contribution < 1.29 is 9.63 Å². The van der Waals surface area contributed by atoms with E-state index in [9.17, 15) is 5.11 Å². The molecule has 2 N–H and O–H groups in total. The highest BCUT2D eigenvalue weighted by Gasteiger charge is 2.11. The van der Waals surface area contributed by atoms with Crippen molar-refractivity contribution in [3.8, 4) is 17.2 Å². The number of para-hydroxylation sites is 1. The van der Waals surface area contributed by atoms with Gasteiger partial charge in [0, 0.05) is 0 Å². The summed E-state index contributed by atoms with van der Waals surface area (Å²) in [4.78, 5) is 4.13. The minimum Gasteiger partial charge on any atom is -0.507 e. The first-order chi connectivity index (χ1) is 7.31. The van der Waals surface area contributed by atoms with Gasteiger partial charge in [0.05, 0.1) is 12.1 Å². The van der Waals surface area contributed by atoms with E-state index in [-0.39, 0.29) is 5.75 Å². The monoisotopic (exact) mass is 205 g/mol. The molecule has 0 unspecified atom stereocenters. The van der Waals surface area contributed by atoms with Crippen LogP contribution in [0.3, 0.4) is 0 Å². The first kappa shape index (κ1) is 9.67. The molecule has 0 amide bonds. The maximum absolute atomic E-state index is 9.56. The molecule has 15 heavy (non-hydrogen) atoms. The minimum atomic E-state index is 0.136. The molecule has 0 aliphatic heterocycles. The summed E-state index contributed by atoms with van der Waals surface area (Å²) in [7, 11) is 1.80. The molecule has 0 aliphatic rings. The average molecular weight is 205 g/mol. The lowest BCUT2D eigenvalue weighted by Crippen LogP contribution is -2.06. The zero-order valence-corrected chi connectivity index (χ0v) is 8.27. The topological polar surface area (TPSA) is 71.2 Å². The minimum absolute atomic E-state index is 0.136. The predicted molar refractivity (Wildman–Crippen MR) is 54.2 cm³/mol. The Balaban J connectivity index is 2.33. The lowest BCUT2D eigenvalue weighted by molar-refractivity contribution is 0.416. The Morgan fingerprint density at radius 1 is 1.40 bits per heavy atom. The maximum Gasteiger partial charge on any atom is 0.261 e. The van der Waals surface area contributed by atoms with Gasteiger partial charge in [0.2, 0.25) is 0 Å². The average Bonchev–Trinajstić information content (AvgIpc) is 2.68. The fraction of sp³-hybridized carbons (Fsp3) is 0.200. The summed E-state index contributed by atoms with van der Waals surface area (Å²) in [5, 5.41) is 16.2. The highest BCUT2D eigenvalue weighted by molar-refractivity contribution is 5.61. The highest BCUT2D eigenvalue weighted by Crippen LogP contribution is 2.26. The number of hydrogen-bond donors (Lipinski definition) is 2. The lowest BCUT2D eigenvalue weighted by Gasteiger charge is -1.96. The van der Waals surface area contributed by atoms with Crippen molar-refractivity contribution in [2.24, 2.45) is 0 Å². The number of aromatic hydroxyl groups is 1. The van der Waals surface area contributed by atoms with Gasteiger partial charge in [0.15, 0.2) is 5.82 Å². The van der Waals surface area contributed by atoms with Crippen LogP contribution in [0, 0.1) is 0 Å². The molecule has 0 saturated heterocycles. The third-order valence-electron chi connectivity index (χ3n) is 1.94. The van der Waals surface area contributed by atoms with Crippen LogP contribution in [0.25, 0.3) is 11.5 Å². The number of nitrogens with one attached hydrogen (secondary N) is 1. The van der Waals surface area contributed by atoms with Crippen LogP contribution in [0.2, 0.25) is 0 Å². The molecule has 2 aromatic rings. The smallest absolute Gasteiger partial charge is 0.261 e. The van der Waals surface area contributed by atoms with Crippen molar-refractivity contribution in [1.29, 1.82) is 0 Å². The second-order valence-electron chi connectivity index (χ2n) is 3.06. The third-order valence-corrected chi connectivity index (χ3v) is 1.94. The lowest BCUT2D eigenvalue weighted by atomic mass is 10.2. The zero-order chi connectivity index (χ0) is 10.7. The molecular formula is C10H11N3O2. The number of nitrogens with zero attached hydrogens (tertiary/aromatic N) is 2. The standard InChI is InChI=1S/C10H11N3O2/c1-11-6-9-12-10(15-13-9)7-4-2-3-5-8(7)14/h2-5,11,14H,6H2,1H3. The maximum atomic E-state index is 9.56. The first-order valence-electron chi connectivity index (χ1n) is 4.57. The van der Waals surface area contributed by atoms with E-state index < -0.39 is 0 Å². The van der Waals surface area contributed by atoms with Crippen LogP contribution >= 0.6 is 0 Å². The summed E-state index contributed by atoms with van der Waals surface area (Å²) in [6.45, 7) is 0.539. The van der Waals surface area contributed by atoms with Crippen molar-refractivity contribution in [1.82, 2.24) is 15.5 Å². The van der Waals surface area contributed by atoms with E-state index in [0.717, 1.165) is 0 Å². The van der Waals surface area contributed by atoms with Crippen LogP contribution in [0.4, 0.5) is 0 Å². The summed E-state index contributed by atoms with van der Waals surface area (Å²) in [5.41, 5.74) is 0.548. The van der Waals surface area contributed by atoms with E-state index in [1.807, 2.05) is 0 Å². The SMILES string of the molecule is CNCc1noc(-c2ccccc2O)n1. The van der Waals surface area contributed by atoms with E-state index >= 15 is 0 Å². The summed E-state index contributed by atoms with van der Waals surface area (Å²) < 4.78 is 5.02. The van der Waals surface area contributed by atoms with E-state index in [0.29, 0.717) is 23.8 Å². The number of benzene rings is 1. The van der Waals surface area contributed by atoms with E-state index in [2.05, 4.69) is 15.5 Å². The molecule has 1 aromatic heterocycles. The van der Waals surface area contributed by atoms with Gasteiger partial charge >= 0.3 is 0 Å². The van der Waals surface area contributed by atoms with Crippen molar-refractivity contribution in [2.75, 3.05) is 7.05 Å². The molecule has 1 aromatic carbocycles. The van der Waals surface area contributed by atoms with Crippen LogP contribution in [0.1, 0.15) is 5.82 Å². The van der Waals surface area contributed by atoms with Gasteiger partial charge in [-0.05, 0) is 19.2 Å². The van der Waals surface area contributed by atoms with Gasteiger partial charge in [-0.25, -0.2) is 0 Å². The van der Waals surface area contributed by atoms with Gasteiger partial charge in [-0.2, -0.15) is 4.98 Å². The largest absolute Gasteiger partial charge is 0.507 e. The molecule has 0 saturated carbocycles. The van der Waals surface area contributed by atoms with Gasteiger partial charge < -0.3 is 14.9 Å². The molecule has 5 nitrogen and oxygen atoms in total. The quantitative estimate of drug-likeness (QED) is 0.786. The number of hydrogen-bond acceptors (Lipinski definition) is 5. The Bertz CT molecular complexity index is 453. The van der Waals surface area contributed by atoms with Crippen LogP contribution in [-0.2, 0) is 6.54 Å². The molecule has 2 rings (SSSR count). The fourth-order valence-electron chi connectivity index (χ4n) is 1.25. The number of rotatable bonds is 3. The van der Waals surface area contributed by atoms with Gasteiger partial charge in [-0.1, -0.05) is 17.3 Å². The first-order valence-corrected chi connectivity index (χ1v) is 4.57. The van der Waals surface area contributed by atoms with Gasteiger partial charge in [0.25, 0.3) is 5.89 Å². The Hall–Kier alpha value is -1.88. The molecule has 5 heteroatoms. The van der Waals surface area contributed by atoms with E-state index in [1.54, 1.807) is 31.3 Å². The predicted octanol–water partition coefficient (Wildman–Crippen LogP) is 1.16. The van der Waals surface area contributed by atoms with Crippen LogP contribution in [-0.4, -0.2) is 22.3 Å². The summed E-state index contributed by atoms with van der Waals surface area (Å²) in [5.74, 6) is 1.03. The summed E-state index contributed by atoms with van der Waals surface area (Å²) in [6, 6.07) is 6.85. The fourth-order valence-corrected chi connectivity index (χ4v) is 1.25. The van der Waals surface area contributed by atoms with Crippen molar-refractivity contribution in [3.05, 3.63) is 30.1 Å². The molecule has 1 heterocycles. The highest BCUT2D eigenvalue weighted by atomic mass is 16.5. The molecule has 0 aliphatic carbocycles. The molecular weight excluding hydrogens is 194 g/mol. The van der Waals surface area contributed by atoms with Crippen molar-refractivity contribution in [2.45, 2.75) is 6.54 Å². The second-order valence-corrected chi connectivity index (χ2v) is 3.06. The van der Waals surface area contributed by atoms with E-state index in [4.69, 9.17) is 4.52 Å². The van der Waals surface area contributed by atoms with Gasteiger partial charge in [-0.3, -0.25) is 0 Å². The molecule has 0 fully saturated rings. The van der Waals surface area contributed by atoms with Crippen LogP contribution in [0.15, 0.2) is 28.8 Å². The Labute approximate surface area is 86.7 Å². The van der Waals surface area contributed by atoms with Crippen molar-refractivity contribution >= 4 is 0 Å². The molecule has 78 valence electrons. The van der Waals surface area contributed by atoms with Crippen LogP contribution in [0.5, 0.6) is 5.75 Å². The van der Waals surface area contributed by atoms with Gasteiger partial charge in [-0.15, -0.1) is 0 Å². The van der Waals surface area contributed by atoms with Crippen LogP contribution < -0.4 is 5.32 Å². The molecule has 0 atom stereocenters. The number of phenolic OH excluding ortho intramolecular Hbond substituents is 1. The van der Waals surface area contributed by atoms with Gasteiger partial charge in [0.1, 0.15) is 5.75 Å². The number of phenols is 1. The Morgan fingerprint density at radius 3 is 2.93 bits per heavy atom. The molecule has 0 bridgehead atoms. The van der Waals surface area contributed by atoms with E-state index in [1.165, 1.54) is 0 Å². The van der Waals surface area contributed by atoms with Crippen molar-refractivity contribution in [3.63, 3.8) is 0 Å². The summed E-state index contributed by atoms with van der Waals surface area (Å²) >= 11 is 0. The normalized spacial score (nSPS) is 10.5. The molecule has 0 spiro atoms. The molecule has 0 radical (unpaired) electrons. The zero-order valence-electron chi connectivity index (χ0n) is 8.27. The number of aromatic nitrogens is 2. The third kappa shape index (κ3) is 1.97. The Kier molecular flexibility index (Phi) is 2.64. The second kappa shape index (κ2) is 4.10. The summed E-state index contributed by atoms with van der Waals surface area (Å²) in [6.07, 6.45) is 0. The Morgan fingerprint density at radius 2 is 2.20 bits per heavy atom.